The summed E-state index contributed by atoms with van der Waals surface area (Å²) in [7, 11) is 0. The first kappa shape index (κ1) is 8.05. The van der Waals surface area contributed by atoms with E-state index in [0.717, 1.165) is 12.0 Å². The third-order valence-electron chi connectivity index (χ3n) is 2.06. The summed E-state index contributed by atoms with van der Waals surface area (Å²) in [5, 5.41) is 0. The Morgan fingerprint density at radius 2 is 2.38 bits per heavy atom. The van der Waals surface area contributed by atoms with E-state index < -0.39 is 0 Å². The van der Waals surface area contributed by atoms with Gasteiger partial charge in [0, 0.05) is 5.56 Å². The van der Waals surface area contributed by atoms with E-state index in [0.29, 0.717) is 12.2 Å². The van der Waals surface area contributed by atoms with Gasteiger partial charge in [0.2, 0.25) is 0 Å². The predicted molar refractivity (Wildman–Crippen MR) is 49.7 cm³/mol. The number of carbonyl (C=O) groups is 1. The first-order chi connectivity index (χ1) is 6.29. The normalized spacial score (nSPS) is 13.7. The maximum absolute atomic E-state index is 10.9. The van der Waals surface area contributed by atoms with Crippen LogP contribution in [0.5, 0.6) is 5.75 Å². The van der Waals surface area contributed by atoms with E-state index in [-0.39, 0.29) is 5.97 Å². The summed E-state index contributed by atoms with van der Waals surface area (Å²) in [6.45, 7) is 3.67. The Kier molecular flexibility index (Phi) is 1.89. The summed E-state index contributed by atoms with van der Waals surface area (Å²) in [4.78, 5) is 10.9. The molecule has 0 fully saturated rings. The van der Waals surface area contributed by atoms with Crippen molar-refractivity contribution < 1.29 is 9.53 Å². The van der Waals surface area contributed by atoms with Gasteiger partial charge in [-0.3, -0.25) is 4.79 Å². The maximum Gasteiger partial charge on any atom is 0.315 e. The number of rotatable bonds is 2. The van der Waals surface area contributed by atoms with Gasteiger partial charge >= 0.3 is 5.97 Å². The van der Waals surface area contributed by atoms with E-state index in [9.17, 15) is 4.79 Å². The molecule has 1 aliphatic heterocycles. The fourth-order valence-electron chi connectivity index (χ4n) is 1.48. The van der Waals surface area contributed by atoms with Crippen molar-refractivity contribution in [3.05, 3.63) is 42.0 Å². The van der Waals surface area contributed by atoms with Gasteiger partial charge in [-0.15, -0.1) is 6.58 Å². The molecule has 0 N–H and O–H groups in total. The smallest absolute Gasteiger partial charge is 0.315 e. The average molecular weight is 174 g/mol. The molecule has 0 amide bonds. The SMILES string of the molecule is C=CCc1ccc2c(c1)CC(=O)O2. The molecule has 2 rings (SSSR count). The van der Waals surface area contributed by atoms with Gasteiger partial charge in [0.1, 0.15) is 5.75 Å². The number of esters is 1. The van der Waals surface area contributed by atoms with Gasteiger partial charge in [0.25, 0.3) is 0 Å². The minimum Gasteiger partial charge on any atom is -0.426 e. The van der Waals surface area contributed by atoms with Crippen LogP contribution in [-0.2, 0) is 17.6 Å². The Hall–Kier alpha value is -1.57. The monoisotopic (exact) mass is 174 g/mol. The minimum atomic E-state index is -0.161. The highest BCUT2D eigenvalue weighted by molar-refractivity contribution is 5.81. The Morgan fingerprint density at radius 1 is 1.54 bits per heavy atom. The quantitative estimate of drug-likeness (QED) is 0.388. The number of ether oxygens (including phenoxy) is 1. The van der Waals surface area contributed by atoms with Crippen molar-refractivity contribution in [2.24, 2.45) is 0 Å². The second-order valence-electron chi connectivity index (χ2n) is 3.09. The molecule has 2 nitrogen and oxygen atoms in total. The molecular weight excluding hydrogens is 164 g/mol. The summed E-state index contributed by atoms with van der Waals surface area (Å²) in [6.07, 6.45) is 3.08. The van der Waals surface area contributed by atoms with Gasteiger partial charge in [0.15, 0.2) is 0 Å². The highest BCUT2D eigenvalue weighted by atomic mass is 16.5. The molecule has 0 bridgehead atoms. The second kappa shape index (κ2) is 3.05. The van der Waals surface area contributed by atoms with Crippen LogP contribution in [0, 0.1) is 0 Å². The molecule has 0 aliphatic carbocycles. The van der Waals surface area contributed by atoms with Gasteiger partial charge in [0.05, 0.1) is 6.42 Å². The highest BCUT2D eigenvalue weighted by Gasteiger charge is 2.19. The molecule has 1 heterocycles. The molecule has 0 aromatic heterocycles. The van der Waals surface area contributed by atoms with Gasteiger partial charge in [-0.2, -0.15) is 0 Å². The van der Waals surface area contributed by atoms with Crippen LogP contribution in [0.25, 0.3) is 0 Å². The molecule has 1 aliphatic rings. The van der Waals surface area contributed by atoms with Gasteiger partial charge in [-0.05, 0) is 18.1 Å². The zero-order valence-electron chi connectivity index (χ0n) is 7.25. The van der Waals surface area contributed by atoms with E-state index >= 15 is 0 Å². The molecule has 0 spiro atoms. The Balaban J connectivity index is 2.34. The van der Waals surface area contributed by atoms with E-state index in [1.807, 2.05) is 24.3 Å². The van der Waals surface area contributed by atoms with Crippen LogP contribution in [0.1, 0.15) is 11.1 Å². The van der Waals surface area contributed by atoms with Crippen molar-refractivity contribution >= 4 is 5.97 Å². The maximum atomic E-state index is 10.9. The Morgan fingerprint density at radius 3 is 3.15 bits per heavy atom. The van der Waals surface area contributed by atoms with Crippen molar-refractivity contribution in [2.75, 3.05) is 0 Å². The molecule has 0 saturated carbocycles. The summed E-state index contributed by atoms with van der Waals surface area (Å²) < 4.78 is 4.98. The number of hydrogen-bond acceptors (Lipinski definition) is 2. The number of benzene rings is 1. The number of carbonyl (C=O) groups excluding carboxylic acids is 1. The molecule has 0 atom stereocenters. The molecule has 0 saturated heterocycles. The first-order valence-electron chi connectivity index (χ1n) is 4.23. The van der Waals surface area contributed by atoms with Crippen LogP contribution in [-0.4, -0.2) is 5.97 Å². The Bertz CT molecular complexity index is 366. The third-order valence-corrected chi connectivity index (χ3v) is 2.06. The molecule has 2 heteroatoms. The summed E-state index contributed by atoms with van der Waals surface area (Å²) in [5.74, 6) is 0.545. The molecule has 1 aromatic carbocycles. The lowest BCUT2D eigenvalue weighted by Crippen LogP contribution is -2.00. The fraction of sp³-hybridized carbons (Fsp3) is 0.182. The lowest BCUT2D eigenvalue weighted by atomic mass is 10.1. The van der Waals surface area contributed by atoms with Crippen molar-refractivity contribution in [3.8, 4) is 5.75 Å². The molecule has 0 radical (unpaired) electrons. The highest BCUT2D eigenvalue weighted by Crippen LogP contribution is 2.26. The zero-order valence-corrected chi connectivity index (χ0v) is 7.25. The van der Waals surface area contributed by atoms with E-state index in [1.54, 1.807) is 0 Å². The van der Waals surface area contributed by atoms with Gasteiger partial charge in [-0.1, -0.05) is 18.2 Å². The summed E-state index contributed by atoms with van der Waals surface area (Å²) in [5.41, 5.74) is 2.16. The fourth-order valence-corrected chi connectivity index (χ4v) is 1.48. The number of allylic oxidation sites excluding steroid dienone is 1. The number of hydrogen-bond donors (Lipinski definition) is 0. The van der Waals surface area contributed by atoms with Crippen LogP contribution in [0.2, 0.25) is 0 Å². The standard InChI is InChI=1S/C11H10O2/c1-2-3-8-4-5-10-9(6-8)7-11(12)13-10/h2,4-6H,1,3,7H2. The van der Waals surface area contributed by atoms with Crippen LogP contribution < -0.4 is 4.74 Å². The van der Waals surface area contributed by atoms with Crippen molar-refractivity contribution in [3.63, 3.8) is 0 Å². The predicted octanol–water partition coefficient (Wildman–Crippen LogP) is 1.88. The van der Waals surface area contributed by atoms with Gasteiger partial charge in [-0.25, -0.2) is 0 Å². The Labute approximate surface area is 76.8 Å². The largest absolute Gasteiger partial charge is 0.426 e. The van der Waals surface area contributed by atoms with Crippen LogP contribution in [0.4, 0.5) is 0 Å². The van der Waals surface area contributed by atoms with E-state index in [4.69, 9.17) is 4.74 Å². The molecule has 66 valence electrons. The summed E-state index contributed by atoms with van der Waals surface area (Å²) >= 11 is 0. The first-order valence-corrected chi connectivity index (χ1v) is 4.23. The van der Waals surface area contributed by atoms with Crippen molar-refractivity contribution in [1.82, 2.24) is 0 Å². The van der Waals surface area contributed by atoms with E-state index in [1.165, 1.54) is 5.56 Å². The molecule has 13 heavy (non-hydrogen) atoms. The molecule has 1 aromatic rings. The number of fused-ring (bicyclic) bond motifs is 1. The van der Waals surface area contributed by atoms with Crippen molar-refractivity contribution in [2.45, 2.75) is 12.8 Å². The minimum absolute atomic E-state index is 0.161. The second-order valence-corrected chi connectivity index (χ2v) is 3.09. The zero-order chi connectivity index (χ0) is 9.26. The van der Waals surface area contributed by atoms with Gasteiger partial charge < -0.3 is 4.74 Å². The average Bonchev–Trinajstić information content (AvgIpc) is 2.44. The molecular formula is C11H10O2. The topological polar surface area (TPSA) is 26.3 Å². The summed E-state index contributed by atoms with van der Waals surface area (Å²) in [6, 6.07) is 5.81. The molecule has 0 unspecified atom stereocenters. The van der Waals surface area contributed by atoms with E-state index in [2.05, 4.69) is 6.58 Å². The third kappa shape index (κ3) is 1.47. The van der Waals surface area contributed by atoms with Crippen LogP contribution in [0.15, 0.2) is 30.9 Å². The lowest BCUT2D eigenvalue weighted by Gasteiger charge is -1.99. The lowest BCUT2D eigenvalue weighted by molar-refractivity contribution is -0.131. The van der Waals surface area contributed by atoms with Crippen molar-refractivity contribution in [1.29, 1.82) is 0 Å². The van der Waals surface area contributed by atoms with Crippen LogP contribution >= 0.6 is 0 Å². The van der Waals surface area contributed by atoms with Crippen LogP contribution in [0.3, 0.4) is 0 Å².